The predicted octanol–water partition coefficient (Wildman–Crippen LogP) is 18.9. The molecule has 0 atom stereocenters. The van der Waals surface area contributed by atoms with Crippen molar-refractivity contribution >= 4 is 60.5 Å². The first-order valence-electron chi connectivity index (χ1n) is 23.6. The van der Waals surface area contributed by atoms with Crippen molar-refractivity contribution in [2.24, 2.45) is 0 Å². The third-order valence-corrected chi connectivity index (χ3v) is 14.2. The van der Waals surface area contributed by atoms with E-state index in [2.05, 4.69) is 241 Å². The second-order valence-electron chi connectivity index (χ2n) is 20.7. The molecule has 1 heterocycles. The lowest BCUT2D eigenvalue weighted by molar-refractivity contribution is 0.590. The molecular weight excluding hydrogens is 811 g/mol. The van der Waals surface area contributed by atoms with Gasteiger partial charge in [0.1, 0.15) is 5.58 Å². The summed E-state index contributed by atoms with van der Waals surface area (Å²) in [5.74, 6) is 0. The molecule has 2 nitrogen and oxygen atoms in total. The topological polar surface area (TPSA) is 16.4 Å². The molecule has 2 heteroatoms. The van der Waals surface area contributed by atoms with Gasteiger partial charge in [-0.25, -0.2) is 0 Å². The van der Waals surface area contributed by atoms with Crippen molar-refractivity contribution in [3.05, 3.63) is 211 Å². The van der Waals surface area contributed by atoms with Crippen molar-refractivity contribution in [3.63, 3.8) is 0 Å². The minimum absolute atomic E-state index is 0.0847. The second-order valence-corrected chi connectivity index (χ2v) is 20.7. The first-order valence-corrected chi connectivity index (χ1v) is 23.6. The number of benzene rings is 10. The maximum absolute atomic E-state index is 6.73. The standard InChI is InChI=1S/C65H53NO/c1-40-20-21-45(41-14-9-8-10-15-41)39-61(40)66(60-18-13-17-53-52-16-11-12-19-62(52)67-63(53)60)51-31-26-44-33-56-57(36-46(44)32-51)59-38-48-35-55(43-24-29-50(30-25-43)65(5,6)7)54(34-47(48)37-58(56)59)42-22-27-49(28-23-42)64(2,3)4/h8-39H,1-7H3. The highest BCUT2D eigenvalue weighted by Crippen LogP contribution is 2.52. The third-order valence-electron chi connectivity index (χ3n) is 14.2. The normalized spacial score (nSPS) is 12.4. The molecule has 0 amide bonds. The van der Waals surface area contributed by atoms with Gasteiger partial charge in [0.2, 0.25) is 0 Å². The fraction of sp³-hybridized carbons (Fsp3) is 0.138. The van der Waals surface area contributed by atoms with Crippen LogP contribution in [0.5, 0.6) is 0 Å². The van der Waals surface area contributed by atoms with Crippen molar-refractivity contribution < 1.29 is 4.42 Å². The molecule has 0 radical (unpaired) electrons. The fourth-order valence-electron chi connectivity index (χ4n) is 10.4. The van der Waals surface area contributed by atoms with Gasteiger partial charge in [-0.3, -0.25) is 0 Å². The molecule has 12 rings (SSSR count). The van der Waals surface area contributed by atoms with Crippen LogP contribution in [0, 0.1) is 6.92 Å². The predicted molar refractivity (Wildman–Crippen MR) is 286 cm³/mol. The summed E-state index contributed by atoms with van der Waals surface area (Å²) in [6.45, 7) is 15.9. The zero-order valence-corrected chi connectivity index (χ0v) is 39.3. The molecular formula is C65H53NO. The van der Waals surface area contributed by atoms with Gasteiger partial charge >= 0.3 is 0 Å². The minimum Gasteiger partial charge on any atom is -0.454 e. The molecule has 0 fully saturated rings. The van der Waals surface area contributed by atoms with E-state index in [1.165, 1.54) is 93.9 Å². The third kappa shape index (κ3) is 6.94. The first-order chi connectivity index (χ1) is 32.4. The van der Waals surface area contributed by atoms with Gasteiger partial charge in [-0.15, -0.1) is 0 Å². The van der Waals surface area contributed by atoms with Gasteiger partial charge in [-0.2, -0.15) is 0 Å². The SMILES string of the molecule is Cc1ccc(-c2ccccc2)cc1N(c1ccc2cc3c(cc2c1)-c1cc2cc(-c4ccc(C(C)(C)C)cc4)c(-c4ccc(C(C)(C)C)cc4)cc2cc1-3)c1cccc2c1oc1ccccc12. The highest BCUT2D eigenvalue weighted by molar-refractivity contribution is 6.14. The average Bonchev–Trinajstić information content (AvgIpc) is 3.72. The molecule has 0 saturated carbocycles. The number of furan rings is 1. The van der Waals surface area contributed by atoms with Crippen LogP contribution >= 0.6 is 0 Å². The quantitative estimate of drug-likeness (QED) is 0.166. The minimum atomic E-state index is 0.0847. The number of nitrogens with zero attached hydrogens (tertiary/aromatic N) is 1. The molecule has 67 heavy (non-hydrogen) atoms. The van der Waals surface area contributed by atoms with E-state index in [9.17, 15) is 0 Å². The average molecular weight is 864 g/mol. The van der Waals surface area contributed by atoms with Crippen molar-refractivity contribution in [2.45, 2.75) is 59.3 Å². The molecule has 0 spiro atoms. The lowest BCUT2D eigenvalue weighted by Gasteiger charge is -2.29. The molecule has 0 saturated heterocycles. The molecule has 0 unspecified atom stereocenters. The fourth-order valence-corrected chi connectivity index (χ4v) is 10.4. The summed E-state index contributed by atoms with van der Waals surface area (Å²) in [7, 11) is 0. The summed E-state index contributed by atoms with van der Waals surface area (Å²) < 4.78 is 6.73. The van der Waals surface area contributed by atoms with E-state index < -0.39 is 0 Å². The van der Waals surface area contributed by atoms with Crippen molar-refractivity contribution in [2.75, 3.05) is 4.90 Å². The van der Waals surface area contributed by atoms with Crippen LogP contribution in [0.1, 0.15) is 58.2 Å². The Balaban J connectivity index is 0.996. The Morgan fingerprint density at radius 1 is 0.358 bits per heavy atom. The van der Waals surface area contributed by atoms with Crippen LogP contribution in [0.3, 0.4) is 0 Å². The lowest BCUT2D eigenvalue weighted by atomic mass is 9.77. The van der Waals surface area contributed by atoms with Gasteiger partial charge in [0.25, 0.3) is 0 Å². The van der Waals surface area contributed by atoms with Crippen molar-refractivity contribution in [1.29, 1.82) is 0 Å². The smallest absolute Gasteiger partial charge is 0.159 e. The maximum Gasteiger partial charge on any atom is 0.159 e. The monoisotopic (exact) mass is 863 g/mol. The maximum atomic E-state index is 6.73. The van der Waals surface area contributed by atoms with E-state index in [-0.39, 0.29) is 10.8 Å². The Bertz CT molecular complexity index is 3740. The van der Waals surface area contributed by atoms with Gasteiger partial charge in [0.15, 0.2) is 5.58 Å². The molecule has 1 aliphatic carbocycles. The Morgan fingerprint density at radius 3 is 1.46 bits per heavy atom. The lowest BCUT2D eigenvalue weighted by Crippen LogP contribution is -2.12. The summed E-state index contributed by atoms with van der Waals surface area (Å²) in [4.78, 5) is 2.40. The van der Waals surface area contributed by atoms with Crippen LogP contribution in [-0.2, 0) is 10.8 Å². The summed E-state index contributed by atoms with van der Waals surface area (Å²) in [5, 5.41) is 7.16. The number of rotatable bonds is 6. The van der Waals surface area contributed by atoms with Gasteiger partial charge in [0.05, 0.1) is 5.69 Å². The molecule has 0 bridgehead atoms. The summed E-state index contributed by atoms with van der Waals surface area (Å²) >= 11 is 0. The van der Waals surface area contributed by atoms with Crippen LogP contribution in [0.2, 0.25) is 0 Å². The van der Waals surface area contributed by atoms with Crippen molar-refractivity contribution in [1.82, 2.24) is 0 Å². The highest BCUT2D eigenvalue weighted by atomic mass is 16.3. The molecule has 1 aliphatic rings. The number of aryl methyl sites for hydroxylation is 1. The van der Waals surface area contributed by atoms with Gasteiger partial charge < -0.3 is 9.32 Å². The molecule has 1 aromatic heterocycles. The van der Waals surface area contributed by atoms with E-state index in [0.29, 0.717) is 0 Å². The van der Waals surface area contributed by atoms with E-state index in [1.54, 1.807) is 0 Å². The number of anilines is 3. The first kappa shape index (κ1) is 40.8. The summed E-state index contributed by atoms with van der Waals surface area (Å²) in [6, 6.07) is 72.2. The largest absolute Gasteiger partial charge is 0.454 e. The van der Waals surface area contributed by atoms with Gasteiger partial charge in [-0.05, 0) is 178 Å². The highest BCUT2D eigenvalue weighted by Gasteiger charge is 2.27. The van der Waals surface area contributed by atoms with Crippen LogP contribution in [0.15, 0.2) is 199 Å². The Morgan fingerprint density at radius 2 is 0.866 bits per heavy atom. The molecule has 11 aromatic rings. The van der Waals surface area contributed by atoms with E-state index in [4.69, 9.17) is 4.42 Å². The summed E-state index contributed by atoms with van der Waals surface area (Å²) in [6.07, 6.45) is 0. The Kier molecular flexibility index (Phi) is 9.25. The zero-order chi connectivity index (χ0) is 45.8. The number of hydrogen-bond acceptors (Lipinski definition) is 2. The zero-order valence-electron chi connectivity index (χ0n) is 39.3. The van der Waals surface area contributed by atoms with Gasteiger partial charge in [0, 0.05) is 22.1 Å². The second kappa shape index (κ2) is 15.2. The van der Waals surface area contributed by atoms with Gasteiger partial charge in [-0.1, -0.05) is 169 Å². The number of hydrogen-bond donors (Lipinski definition) is 0. The molecule has 0 N–H and O–H groups in total. The van der Waals surface area contributed by atoms with Crippen LogP contribution < -0.4 is 4.90 Å². The number of para-hydroxylation sites is 2. The Labute approximate surface area is 393 Å². The van der Waals surface area contributed by atoms with E-state index in [0.717, 1.165) is 39.0 Å². The van der Waals surface area contributed by atoms with Crippen LogP contribution in [-0.4, -0.2) is 0 Å². The van der Waals surface area contributed by atoms with Crippen LogP contribution in [0.4, 0.5) is 17.1 Å². The van der Waals surface area contributed by atoms with E-state index in [1.807, 2.05) is 6.07 Å². The molecule has 324 valence electrons. The van der Waals surface area contributed by atoms with Crippen LogP contribution in [0.25, 0.3) is 99.1 Å². The molecule has 10 aromatic carbocycles. The number of fused-ring (bicyclic) bond motifs is 9. The Hall–Kier alpha value is -7.68. The molecule has 0 aliphatic heterocycles. The van der Waals surface area contributed by atoms with E-state index >= 15 is 0 Å². The van der Waals surface area contributed by atoms with Crippen molar-refractivity contribution in [3.8, 4) is 55.6 Å². The summed E-state index contributed by atoms with van der Waals surface area (Å²) in [5.41, 5.74) is 21.6.